The van der Waals surface area contributed by atoms with Crippen LogP contribution in [0.3, 0.4) is 0 Å². The molecule has 0 bridgehead atoms. The predicted molar refractivity (Wildman–Crippen MR) is 128 cm³/mol. The molecule has 3 heterocycles. The van der Waals surface area contributed by atoms with Gasteiger partial charge in [0.05, 0.1) is 18.5 Å². The Morgan fingerprint density at radius 2 is 1.76 bits per heavy atom. The monoisotopic (exact) mass is 459 g/mol. The molecule has 8 heteroatoms. The molecule has 1 saturated heterocycles. The van der Waals surface area contributed by atoms with Crippen molar-refractivity contribution in [2.45, 2.75) is 26.3 Å². The zero-order valence-electron chi connectivity index (χ0n) is 19.4. The molecule has 2 fully saturated rings. The molecule has 3 aromatic rings. The molecule has 0 unspecified atom stereocenters. The highest BCUT2D eigenvalue weighted by molar-refractivity contribution is 5.87. The number of anilines is 1. The summed E-state index contributed by atoms with van der Waals surface area (Å²) in [6.45, 7) is 5.01. The molecular weight excluding hydrogens is 430 g/mol. The summed E-state index contributed by atoms with van der Waals surface area (Å²) in [5.41, 5.74) is 3.09. The lowest BCUT2D eigenvalue weighted by molar-refractivity contribution is -0.142. The molecule has 1 aliphatic heterocycles. The molecule has 0 radical (unpaired) electrons. The first-order valence-corrected chi connectivity index (χ1v) is 11.8. The topological polar surface area (TPSA) is 82.8 Å². The van der Waals surface area contributed by atoms with Gasteiger partial charge in [0.15, 0.2) is 5.82 Å². The van der Waals surface area contributed by atoms with Gasteiger partial charge in [-0.1, -0.05) is 29.8 Å². The van der Waals surface area contributed by atoms with Crippen LogP contribution in [0.25, 0.3) is 11.3 Å². The van der Waals surface area contributed by atoms with Crippen molar-refractivity contribution in [3.05, 3.63) is 66.1 Å². The molecule has 2 amide bonds. The van der Waals surface area contributed by atoms with Gasteiger partial charge in [-0.3, -0.25) is 9.59 Å². The molecule has 1 aromatic carbocycles. The van der Waals surface area contributed by atoms with Crippen LogP contribution in [0.2, 0.25) is 0 Å². The van der Waals surface area contributed by atoms with Crippen LogP contribution in [0.1, 0.15) is 24.2 Å². The van der Waals surface area contributed by atoms with Gasteiger partial charge in [0.25, 0.3) is 0 Å². The van der Waals surface area contributed by atoms with Crippen molar-refractivity contribution in [2.24, 2.45) is 5.92 Å². The van der Waals surface area contributed by atoms with Gasteiger partial charge in [-0.25, -0.2) is 0 Å². The minimum atomic E-state index is -0.0268. The van der Waals surface area contributed by atoms with Crippen LogP contribution >= 0.6 is 0 Å². The Kier molecular flexibility index (Phi) is 6.29. The van der Waals surface area contributed by atoms with Crippen molar-refractivity contribution >= 4 is 17.6 Å². The fourth-order valence-electron chi connectivity index (χ4n) is 4.21. The molecule has 2 aliphatic rings. The lowest BCUT2D eigenvalue weighted by Crippen LogP contribution is -2.52. The van der Waals surface area contributed by atoms with Gasteiger partial charge >= 0.3 is 0 Å². The number of amides is 2. The molecule has 5 rings (SSSR count). The van der Waals surface area contributed by atoms with Gasteiger partial charge in [0.2, 0.25) is 11.8 Å². The predicted octanol–water partition coefficient (Wildman–Crippen LogP) is 3.13. The van der Waals surface area contributed by atoms with E-state index in [0.717, 1.165) is 29.9 Å². The van der Waals surface area contributed by atoms with E-state index in [-0.39, 0.29) is 24.3 Å². The van der Waals surface area contributed by atoms with Crippen molar-refractivity contribution in [1.29, 1.82) is 0 Å². The zero-order valence-corrected chi connectivity index (χ0v) is 19.4. The fraction of sp³-hybridized carbons (Fsp3) is 0.385. The standard InChI is InChI=1S/C26H29N5O3/c1-19-4-6-20(7-5-19)23-10-11-24(28-27-23)29-12-14-30(15-13-29)25(32)18-31(26(33)21-8-9-21)17-22-3-2-16-34-22/h2-7,10-11,16,21H,8-9,12-15,17-18H2,1H3. The Morgan fingerprint density at radius 1 is 1.00 bits per heavy atom. The maximum atomic E-state index is 13.0. The Morgan fingerprint density at radius 3 is 2.38 bits per heavy atom. The summed E-state index contributed by atoms with van der Waals surface area (Å²) in [4.78, 5) is 31.3. The molecule has 2 aromatic heterocycles. The van der Waals surface area contributed by atoms with E-state index in [1.54, 1.807) is 17.2 Å². The molecule has 0 atom stereocenters. The number of nitrogens with zero attached hydrogens (tertiary/aromatic N) is 5. The summed E-state index contributed by atoms with van der Waals surface area (Å²) in [5, 5.41) is 8.82. The molecule has 0 spiro atoms. The van der Waals surface area contributed by atoms with E-state index >= 15 is 0 Å². The Balaban J connectivity index is 1.16. The third kappa shape index (κ3) is 5.11. The zero-order chi connectivity index (χ0) is 23.5. The number of benzene rings is 1. The van der Waals surface area contributed by atoms with E-state index in [4.69, 9.17) is 4.42 Å². The summed E-state index contributed by atoms with van der Waals surface area (Å²) in [7, 11) is 0. The molecule has 1 saturated carbocycles. The lowest BCUT2D eigenvalue weighted by atomic mass is 10.1. The van der Waals surface area contributed by atoms with Crippen LogP contribution < -0.4 is 4.90 Å². The fourth-order valence-corrected chi connectivity index (χ4v) is 4.21. The number of piperazine rings is 1. The van der Waals surface area contributed by atoms with Crippen LogP contribution in [0.4, 0.5) is 5.82 Å². The molecule has 1 aliphatic carbocycles. The number of carbonyl (C=O) groups is 2. The maximum absolute atomic E-state index is 13.0. The summed E-state index contributed by atoms with van der Waals surface area (Å²) < 4.78 is 5.41. The second-order valence-electron chi connectivity index (χ2n) is 9.06. The Bertz CT molecular complexity index is 1120. The van der Waals surface area contributed by atoms with E-state index in [0.29, 0.717) is 38.5 Å². The van der Waals surface area contributed by atoms with Gasteiger partial charge in [-0.15, -0.1) is 10.2 Å². The van der Waals surface area contributed by atoms with Gasteiger partial charge in [-0.05, 0) is 44.0 Å². The summed E-state index contributed by atoms with van der Waals surface area (Å²) in [6, 6.07) is 15.8. The quantitative estimate of drug-likeness (QED) is 0.540. The van der Waals surface area contributed by atoms with E-state index in [2.05, 4.69) is 34.2 Å². The smallest absolute Gasteiger partial charge is 0.242 e. The lowest BCUT2D eigenvalue weighted by Gasteiger charge is -2.36. The number of carbonyl (C=O) groups excluding carboxylic acids is 2. The Labute approximate surface area is 199 Å². The summed E-state index contributed by atoms with van der Waals surface area (Å²) in [6.07, 6.45) is 3.40. The second kappa shape index (κ2) is 9.67. The Hall–Kier alpha value is -3.68. The van der Waals surface area contributed by atoms with E-state index in [9.17, 15) is 9.59 Å². The number of hydrogen-bond donors (Lipinski definition) is 0. The van der Waals surface area contributed by atoms with Gasteiger partial charge in [-0.2, -0.15) is 0 Å². The average Bonchev–Trinajstić information content (AvgIpc) is 3.60. The number of aryl methyl sites for hydroxylation is 1. The van der Waals surface area contributed by atoms with Crippen molar-refractivity contribution in [3.8, 4) is 11.3 Å². The second-order valence-corrected chi connectivity index (χ2v) is 9.06. The number of hydrogen-bond acceptors (Lipinski definition) is 6. The van der Waals surface area contributed by atoms with Crippen molar-refractivity contribution in [2.75, 3.05) is 37.6 Å². The number of rotatable bonds is 7. The van der Waals surface area contributed by atoms with E-state index in [1.165, 1.54) is 5.56 Å². The van der Waals surface area contributed by atoms with Crippen LogP contribution in [0.5, 0.6) is 0 Å². The molecular formula is C26H29N5O3. The van der Waals surface area contributed by atoms with Crippen LogP contribution in [-0.2, 0) is 16.1 Å². The first kappa shape index (κ1) is 22.1. The minimum Gasteiger partial charge on any atom is -0.467 e. The average molecular weight is 460 g/mol. The highest BCUT2D eigenvalue weighted by atomic mass is 16.3. The van der Waals surface area contributed by atoms with Crippen molar-refractivity contribution in [3.63, 3.8) is 0 Å². The van der Waals surface area contributed by atoms with Gasteiger partial charge in [0.1, 0.15) is 12.3 Å². The first-order chi connectivity index (χ1) is 16.6. The number of aromatic nitrogens is 2. The SMILES string of the molecule is Cc1ccc(-c2ccc(N3CCN(C(=O)CN(Cc4ccco4)C(=O)C4CC4)CC3)nn2)cc1. The minimum absolute atomic E-state index is 0.0268. The largest absolute Gasteiger partial charge is 0.467 e. The van der Waals surface area contributed by atoms with Gasteiger partial charge in [0, 0.05) is 37.7 Å². The third-order valence-corrected chi connectivity index (χ3v) is 6.45. The van der Waals surface area contributed by atoms with E-state index < -0.39 is 0 Å². The van der Waals surface area contributed by atoms with Gasteiger partial charge < -0.3 is 19.1 Å². The highest BCUT2D eigenvalue weighted by Crippen LogP contribution is 2.31. The highest BCUT2D eigenvalue weighted by Gasteiger charge is 2.35. The van der Waals surface area contributed by atoms with Crippen LogP contribution in [0.15, 0.2) is 59.2 Å². The summed E-state index contributed by atoms with van der Waals surface area (Å²) in [5.74, 6) is 1.58. The molecule has 34 heavy (non-hydrogen) atoms. The van der Waals surface area contributed by atoms with Crippen molar-refractivity contribution < 1.29 is 14.0 Å². The first-order valence-electron chi connectivity index (χ1n) is 11.8. The molecule has 8 nitrogen and oxygen atoms in total. The number of furan rings is 1. The van der Waals surface area contributed by atoms with Crippen LogP contribution in [0, 0.1) is 12.8 Å². The van der Waals surface area contributed by atoms with Crippen molar-refractivity contribution in [1.82, 2.24) is 20.0 Å². The third-order valence-electron chi connectivity index (χ3n) is 6.45. The normalized spacial score (nSPS) is 15.9. The molecule has 176 valence electrons. The maximum Gasteiger partial charge on any atom is 0.242 e. The molecule has 0 N–H and O–H groups in total. The van der Waals surface area contributed by atoms with E-state index in [1.807, 2.05) is 35.2 Å². The van der Waals surface area contributed by atoms with Crippen LogP contribution in [-0.4, -0.2) is 64.5 Å². The summed E-state index contributed by atoms with van der Waals surface area (Å²) >= 11 is 0.